The number of anilines is 1. The first-order valence-electron chi connectivity index (χ1n) is 7.11. The van der Waals surface area contributed by atoms with Gasteiger partial charge in [-0.3, -0.25) is 4.79 Å². The van der Waals surface area contributed by atoms with E-state index in [9.17, 15) is 18.0 Å². The van der Waals surface area contributed by atoms with Crippen LogP contribution in [0.3, 0.4) is 0 Å². The van der Waals surface area contributed by atoms with Crippen molar-refractivity contribution in [3.05, 3.63) is 53.8 Å². The predicted molar refractivity (Wildman–Crippen MR) is 82.6 cm³/mol. The molecule has 0 saturated heterocycles. The van der Waals surface area contributed by atoms with Gasteiger partial charge in [0.25, 0.3) is 12.3 Å². The van der Waals surface area contributed by atoms with Crippen LogP contribution in [-0.4, -0.2) is 33.9 Å². The Labute approximate surface area is 135 Å². The Kier molecular flexibility index (Phi) is 4.20. The van der Waals surface area contributed by atoms with E-state index in [0.717, 1.165) is 17.0 Å². The van der Waals surface area contributed by atoms with E-state index >= 15 is 0 Å². The van der Waals surface area contributed by atoms with E-state index in [1.165, 1.54) is 24.3 Å². The molecule has 1 heterocycles. The number of halogens is 3. The number of alkyl halides is 2. The molecular weight excluding hydrogens is 321 g/mol. The summed E-state index contributed by atoms with van der Waals surface area (Å²) in [5.41, 5.74) is 1.60. The van der Waals surface area contributed by atoms with E-state index in [1.807, 2.05) is 0 Å². The summed E-state index contributed by atoms with van der Waals surface area (Å²) in [4.78, 5) is 13.6. The van der Waals surface area contributed by atoms with Crippen LogP contribution >= 0.6 is 0 Å². The van der Waals surface area contributed by atoms with Gasteiger partial charge in [0, 0.05) is 18.3 Å². The molecule has 3 aromatic rings. The first-order valence-corrected chi connectivity index (χ1v) is 7.11. The number of fused-ring (bicyclic) bond motifs is 1. The maximum atomic E-state index is 13.0. The number of hydrogen-bond acceptors (Lipinski definition) is 3. The lowest BCUT2D eigenvalue weighted by atomic mass is 10.1. The van der Waals surface area contributed by atoms with Gasteiger partial charge in [-0.25, -0.2) is 17.9 Å². The van der Waals surface area contributed by atoms with Crippen LogP contribution in [0.2, 0.25) is 0 Å². The van der Waals surface area contributed by atoms with Gasteiger partial charge in [0.05, 0.1) is 12.1 Å². The van der Waals surface area contributed by atoms with Crippen LogP contribution in [0, 0.1) is 5.82 Å². The molecule has 0 radical (unpaired) electrons. The largest absolute Gasteiger partial charge is 0.303 e. The maximum Gasteiger partial charge on any atom is 0.258 e. The van der Waals surface area contributed by atoms with Gasteiger partial charge in [-0.2, -0.15) is 0 Å². The molecule has 3 rings (SSSR count). The molecule has 0 atom stereocenters. The second-order valence-electron chi connectivity index (χ2n) is 5.20. The number of carbonyl (C=O) groups is 1. The zero-order valence-electron chi connectivity index (χ0n) is 12.7. The molecule has 124 valence electrons. The van der Waals surface area contributed by atoms with E-state index in [2.05, 4.69) is 10.3 Å². The second-order valence-corrected chi connectivity index (χ2v) is 5.20. The predicted octanol–water partition coefficient (Wildman–Crippen LogP) is 3.02. The molecule has 0 N–H and O–H groups in total. The van der Waals surface area contributed by atoms with Crippen LogP contribution < -0.4 is 4.90 Å². The summed E-state index contributed by atoms with van der Waals surface area (Å²) in [7, 11) is 1.71. The summed E-state index contributed by atoms with van der Waals surface area (Å²) >= 11 is 0. The van der Waals surface area contributed by atoms with Crippen molar-refractivity contribution in [3.8, 4) is 0 Å². The topological polar surface area (TPSA) is 51.0 Å². The number of aryl methyl sites for hydroxylation is 1. The molecule has 5 nitrogen and oxygen atoms in total. The maximum absolute atomic E-state index is 13.0. The van der Waals surface area contributed by atoms with Crippen LogP contribution in [0.15, 0.2) is 42.5 Å². The first kappa shape index (κ1) is 16.0. The highest BCUT2D eigenvalue weighted by molar-refractivity contribution is 6.07. The number of rotatable bonds is 4. The summed E-state index contributed by atoms with van der Waals surface area (Å²) in [5, 5.41) is 7.75. The van der Waals surface area contributed by atoms with Crippen molar-refractivity contribution in [1.82, 2.24) is 15.0 Å². The Morgan fingerprint density at radius 1 is 1.21 bits per heavy atom. The first-order chi connectivity index (χ1) is 11.5. The van der Waals surface area contributed by atoms with Crippen molar-refractivity contribution in [2.75, 3.05) is 11.4 Å². The fourth-order valence-electron chi connectivity index (χ4n) is 2.39. The third-order valence-corrected chi connectivity index (χ3v) is 3.56. The summed E-state index contributed by atoms with van der Waals surface area (Å²) in [6.07, 6.45) is -2.72. The molecule has 8 heteroatoms. The molecule has 0 aliphatic rings. The lowest BCUT2D eigenvalue weighted by molar-refractivity contribution is 0.0945. The minimum Gasteiger partial charge on any atom is -0.303 e. The Morgan fingerprint density at radius 3 is 2.58 bits per heavy atom. The molecule has 0 spiro atoms. The van der Waals surface area contributed by atoms with E-state index < -0.39 is 24.7 Å². The third kappa shape index (κ3) is 3.08. The van der Waals surface area contributed by atoms with E-state index in [4.69, 9.17) is 0 Å². The van der Waals surface area contributed by atoms with Crippen molar-refractivity contribution in [2.24, 2.45) is 7.05 Å². The second kappa shape index (κ2) is 6.31. The lowest BCUT2D eigenvalue weighted by Gasteiger charge is -2.22. The van der Waals surface area contributed by atoms with E-state index in [0.29, 0.717) is 11.0 Å². The number of hydrogen-bond donors (Lipinski definition) is 0. The van der Waals surface area contributed by atoms with E-state index in [-0.39, 0.29) is 11.3 Å². The Morgan fingerprint density at radius 2 is 1.92 bits per heavy atom. The molecule has 0 saturated carbocycles. The van der Waals surface area contributed by atoms with Gasteiger partial charge < -0.3 is 4.90 Å². The zero-order valence-corrected chi connectivity index (χ0v) is 12.7. The summed E-state index contributed by atoms with van der Waals surface area (Å²) in [6, 6.07) is 9.48. The van der Waals surface area contributed by atoms with Gasteiger partial charge in [-0.05, 0) is 42.5 Å². The quantitative estimate of drug-likeness (QED) is 0.737. The normalized spacial score (nSPS) is 11.2. The van der Waals surface area contributed by atoms with Gasteiger partial charge in [0.15, 0.2) is 0 Å². The number of aromatic nitrogens is 3. The number of benzene rings is 2. The fraction of sp³-hybridized carbons (Fsp3) is 0.188. The smallest absolute Gasteiger partial charge is 0.258 e. The van der Waals surface area contributed by atoms with Crippen LogP contribution in [-0.2, 0) is 7.05 Å². The number of carbonyl (C=O) groups excluding carboxylic acids is 1. The summed E-state index contributed by atoms with van der Waals surface area (Å²) < 4.78 is 40.4. The Hall–Kier alpha value is -2.90. The molecular formula is C16H13F3N4O. The fourth-order valence-corrected chi connectivity index (χ4v) is 2.39. The summed E-state index contributed by atoms with van der Waals surface area (Å²) in [5.74, 6) is -1.13. The van der Waals surface area contributed by atoms with Crippen LogP contribution in [0.1, 0.15) is 10.4 Å². The SMILES string of the molecule is Cn1nnc2cc(C(=O)N(CC(F)F)c3ccc(F)cc3)ccc21. The highest BCUT2D eigenvalue weighted by Gasteiger charge is 2.22. The highest BCUT2D eigenvalue weighted by atomic mass is 19.3. The minimum atomic E-state index is -2.72. The Bertz CT molecular complexity index is 877. The van der Waals surface area contributed by atoms with Crippen molar-refractivity contribution in [2.45, 2.75) is 6.43 Å². The monoisotopic (exact) mass is 334 g/mol. The van der Waals surface area contributed by atoms with Gasteiger partial charge >= 0.3 is 0 Å². The van der Waals surface area contributed by atoms with Crippen molar-refractivity contribution < 1.29 is 18.0 Å². The van der Waals surface area contributed by atoms with Crippen molar-refractivity contribution in [1.29, 1.82) is 0 Å². The van der Waals surface area contributed by atoms with Crippen LogP contribution in [0.5, 0.6) is 0 Å². The molecule has 0 unspecified atom stereocenters. The molecule has 1 aromatic heterocycles. The molecule has 0 fully saturated rings. The van der Waals surface area contributed by atoms with Gasteiger partial charge in [-0.15, -0.1) is 5.10 Å². The van der Waals surface area contributed by atoms with Gasteiger partial charge in [-0.1, -0.05) is 5.21 Å². The molecule has 1 amide bonds. The van der Waals surface area contributed by atoms with Gasteiger partial charge in [0.2, 0.25) is 0 Å². The zero-order chi connectivity index (χ0) is 17.3. The molecule has 0 aliphatic heterocycles. The molecule has 2 aromatic carbocycles. The molecule has 0 aliphatic carbocycles. The van der Waals surface area contributed by atoms with Crippen molar-refractivity contribution >= 4 is 22.6 Å². The average molecular weight is 334 g/mol. The van der Waals surface area contributed by atoms with Crippen LogP contribution in [0.25, 0.3) is 11.0 Å². The molecule has 24 heavy (non-hydrogen) atoms. The molecule has 0 bridgehead atoms. The average Bonchev–Trinajstić information content (AvgIpc) is 2.93. The van der Waals surface area contributed by atoms with E-state index in [1.54, 1.807) is 17.8 Å². The standard InChI is InChI=1S/C16H13F3N4O/c1-22-14-7-2-10(8-13(14)20-21-22)16(24)23(9-15(18)19)12-5-3-11(17)4-6-12/h2-8,15H,9H2,1H3. The third-order valence-electron chi connectivity index (χ3n) is 3.56. The lowest BCUT2D eigenvalue weighted by Crippen LogP contribution is -2.35. The van der Waals surface area contributed by atoms with Gasteiger partial charge in [0.1, 0.15) is 11.3 Å². The number of nitrogens with zero attached hydrogens (tertiary/aromatic N) is 4. The Balaban J connectivity index is 1.98. The number of amides is 1. The minimum absolute atomic E-state index is 0.195. The van der Waals surface area contributed by atoms with Crippen molar-refractivity contribution in [3.63, 3.8) is 0 Å². The highest BCUT2D eigenvalue weighted by Crippen LogP contribution is 2.21. The van der Waals surface area contributed by atoms with Crippen LogP contribution in [0.4, 0.5) is 18.9 Å². The summed E-state index contributed by atoms with van der Waals surface area (Å²) in [6.45, 7) is -0.789.